The third-order valence-corrected chi connectivity index (χ3v) is 4.21. The van der Waals surface area contributed by atoms with Gasteiger partial charge in [0.2, 0.25) is 0 Å². The van der Waals surface area contributed by atoms with Crippen molar-refractivity contribution in [2.24, 2.45) is 5.92 Å². The van der Waals surface area contributed by atoms with Gasteiger partial charge in [-0.2, -0.15) is 0 Å². The van der Waals surface area contributed by atoms with Gasteiger partial charge in [-0.15, -0.1) is 11.3 Å². The van der Waals surface area contributed by atoms with Crippen molar-refractivity contribution in [2.75, 3.05) is 0 Å². The third kappa shape index (κ3) is 3.80. The number of nitrogens with one attached hydrogen (secondary N) is 2. The maximum absolute atomic E-state index is 11.7. The lowest BCUT2D eigenvalue weighted by Crippen LogP contribution is -2.40. The Bertz CT molecular complexity index is 527. The number of hydrogen-bond donors (Lipinski definition) is 3. The van der Waals surface area contributed by atoms with E-state index in [4.69, 9.17) is 5.11 Å². The molecule has 3 N–H and O–H groups in total. The first kappa shape index (κ1) is 14.5. The molecule has 20 heavy (non-hydrogen) atoms. The second-order valence-corrected chi connectivity index (χ2v) is 5.77. The molecule has 108 valence electrons. The van der Waals surface area contributed by atoms with Crippen LogP contribution in [0.25, 0.3) is 0 Å². The standard InChI is InChI=1S/C13H17N3O3S/c1-2-10-6-14-11(20-10)7-15-13(19)16-9-4-3-8(5-9)12(17)18/h3-4,6,8-9H,2,5,7H2,1H3,(H,17,18)(H2,15,16,19). The molecule has 0 saturated heterocycles. The van der Waals surface area contributed by atoms with Crippen molar-refractivity contribution in [1.82, 2.24) is 15.6 Å². The summed E-state index contributed by atoms with van der Waals surface area (Å²) in [6.45, 7) is 2.44. The second kappa shape index (κ2) is 6.51. The van der Waals surface area contributed by atoms with Crippen LogP contribution in [0.3, 0.4) is 0 Å². The molecular weight excluding hydrogens is 278 g/mol. The van der Waals surface area contributed by atoms with Gasteiger partial charge in [-0.3, -0.25) is 4.79 Å². The average molecular weight is 295 g/mol. The topological polar surface area (TPSA) is 91.3 Å². The zero-order chi connectivity index (χ0) is 14.5. The summed E-state index contributed by atoms with van der Waals surface area (Å²) in [5.41, 5.74) is 0. The lowest BCUT2D eigenvalue weighted by molar-refractivity contribution is -0.140. The zero-order valence-electron chi connectivity index (χ0n) is 11.1. The highest BCUT2D eigenvalue weighted by Gasteiger charge is 2.25. The van der Waals surface area contributed by atoms with E-state index in [-0.39, 0.29) is 12.1 Å². The van der Waals surface area contributed by atoms with E-state index in [0.29, 0.717) is 13.0 Å². The summed E-state index contributed by atoms with van der Waals surface area (Å²) < 4.78 is 0. The maximum Gasteiger partial charge on any atom is 0.315 e. The van der Waals surface area contributed by atoms with Gasteiger partial charge in [0.25, 0.3) is 0 Å². The summed E-state index contributed by atoms with van der Waals surface area (Å²) >= 11 is 1.58. The van der Waals surface area contributed by atoms with Crippen molar-refractivity contribution >= 4 is 23.3 Å². The fourth-order valence-electron chi connectivity index (χ4n) is 1.96. The van der Waals surface area contributed by atoms with Crippen molar-refractivity contribution in [3.05, 3.63) is 28.2 Å². The Morgan fingerprint density at radius 2 is 2.30 bits per heavy atom. The Morgan fingerprint density at radius 3 is 2.90 bits per heavy atom. The fourth-order valence-corrected chi connectivity index (χ4v) is 2.76. The van der Waals surface area contributed by atoms with E-state index in [0.717, 1.165) is 11.4 Å². The largest absolute Gasteiger partial charge is 0.481 e. The lowest BCUT2D eigenvalue weighted by Gasteiger charge is -2.12. The van der Waals surface area contributed by atoms with Gasteiger partial charge in [0.05, 0.1) is 18.5 Å². The first-order valence-corrected chi connectivity index (χ1v) is 7.29. The number of carbonyl (C=O) groups excluding carboxylic acids is 1. The molecule has 6 nitrogen and oxygen atoms in total. The number of carbonyl (C=O) groups is 2. The van der Waals surface area contributed by atoms with Crippen LogP contribution in [0, 0.1) is 5.92 Å². The van der Waals surface area contributed by atoms with E-state index in [1.165, 1.54) is 4.88 Å². The third-order valence-electron chi connectivity index (χ3n) is 3.07. The molecule has 7 heteroatoms. The number of rotatable bonds is 5. The van der Waals surface area contributed by atoms with Crippen LogP contribution < -0.4 is 10.6 Å². The highest BCUT2D eigenvalue weighted by atomic mass is 32.1. The molecule has 2 unspecified atom stereocenters. The Kier molecular flexibility index (Phi) is 4.73. The highest BCUT2D eigenvalue weighted by molar-refractivity contribution is 7.11. The van der Waals surface area contributed by atoms with Crippen LogP contribution in [0.15, 0.2) is 18.3 Å². The van der Waals surface area contributed by atoms with E-state index in [1.54, 1.807) is 23.5 Å². The zero-order valence-corrected chi connectivity index (χ0v) is 11.9. The van der Waals surface area contributed by atoms with Crippen molar-refractivity contribution in [3.8, 4) is 0 Å². The Labute approximate surface area is 120 Å². The molecule has 1 heterocycles. The van der Waals surface area contributed by atoms with Crippen LogP contribution in [0.5, 0.6) is 0 Å². The predicted octanol–water partition coefficient (Wildman–Crippen LogP) is 1.53. The van der Waals surface area contributed by atoms with Gasteiger partial charge in [-0.05, 0) is 12.8 Å². The second-order valence-electron chi connectivity index (χ2n) is 4.57. The number of aryl methyl sites for hydroxylation is 1. The van der Waals surface area contributed by atoms with Gasteiger partial charge >= 0.3 is 12.0 Å². The Balaban J connectivity index is 1.73. The van der Waals surface area contributed by atoms with Crippen LogP contribution in [0.4, 0.5) is 4.79 Å². The fraction of sp³-hybridized carbons (Fsp3) is 0.462. The van der Waals surface area contributed by atoms with Crippen molar-refractivity contribution in [2.45, 2.75) is 32.4 Å². The summed E-state index contributed by atoms with van der Waals surface area (Å²) in [6, 6.07) is -0.530. The summed E-state index contributed by atoms with van der Waals surface area (Å²) in [6.07, 6.45) is 6.49. The summed E-state index contributed by atoms with van der Waals surface area (Å²) in [4.78, 5) is 27.9. The Hall–Kier alpha value is -1.89. The molecule has 1 aliphatic rings. The van der Waals surface area contributed by atoms with E-state index >= 15 is 0 Å². The number of hydrogen-bond acceptors (Lipinski definition) is 4. The van der Waals surface area contributed by atoms with E-state index in [1.807, 2.05) is 6.20 Å². The lowest BCUT2D eigenvalue weighted by atomic mass is 10.1. The minimum Gasteiger partial charge on any atom is -0.481 e. The average Bonchev–Trinajstić information content (AvgIpc) is 3.04. The molecule has 0 fully saturated rings. The van der Waals surface area contributed by atoms with Crippen LogP contribution in [-0.2, 0) is 17.8 Å². The van der Waals surface area contributed by atoms with Crippen LogP contribution in [-0.4, -0.2) is 28.1 Å². The minimum atomic E-state index is -0.860. The first-order valence-electron chi connectivity index (χ1n) is 6.47. The molecule has 2 atom stereocenters. The number of carboxylic acid groups (broad SMARTS) is 1. The van der Waals surface area contributed by atoms with Crippen LogP contribution >= 0.6 is 11.3 Å². The number of aliphatic carboxylic acids is 1. The molecular formula is C13H17N3O3S. The normalized spacial score (nSPS) is 20.9. The molecule has 1 aromatic rings. The molecule has 0 radical (unpaired) electrons. The number of urea groups is 1. The van der Waals surface area contributed by atoms with Crippen molar-refractivity contribution in [1.29, 1.82) is 0 Å². The Morgan fingerprint density at radius 1 is 1.50 bits per heavy atom. The molecule has 0 bridgehead atoms. The molecule has 2 rings (SSSR count). The number of thiazole rings is 1. The van der Waals surface area contributed by atoms with Gasteiger partial charge in [-0.25, -0.2) is 9.78 Å². The number of nitrogens with zero attached hydrogens (tertiary/aromatic N) is 1. The minimum absolute atomic E-state index is 0.224. The van der Waals surface area contributed by atoms with Crippen LogP contribution in [0.2, 0.25) is 0 Å². The number of aromatic nitrogens is 1. The van der Waals surface area contributed by atoms with Crippen molar-refractivity contribution in [3.63, 3.8) is 0 Å². The molecule has 1 aliphatic carbocycles. The SMILES string of the molecule is CCc1cnc(CNC(=O)NC2C=CC(C(=O)O)C2)s1. The number of carboxylic acids is 1. The molecule has 1 aromatic heterocycles. The summed E-state index contributed by atoms with van der Waals surface area (Å²) in [7, 11) is 0. The van der Waals surface area contributed by atoms with E-state index in [2.05, 4.69) is 22.5 Å². The quantitative estimate of drug-likeness (QED) is 0.718. The first-order chi connectivity index (χ1) is 9.58. The van der Waals surface area contributed by atoms with Crippen molar-refractivity contribution < 1.29 is 14.7 Å². The maximum atomic E-state index is 11.7. The molecule has 0 spiro atoms. The summed E-state index contributed by atoms with van der Waals surface area (Å²) in [5, 5.41) is 15.2. The summed E-state index contributed by atoms with van der Waals surface area (Å²) in [5.74, 6) is -1.37. The van der Waals surface area contributed by atoms with Gasteiger partial charge in [0.1, 0.15) is 5.01 Å². The molecule has 2 amide bonds. The predicted molar refractivity (Wildman–Crippen MR) is 75.5 cm³/mol. The van der Waals surface area contributed by atoms with E-state index in [9.17, 15) is 9.59 Å². The van der Waals surface area contributed by atoms with Gasteiger partial charge in [0.15, 0.2) is 0 Å². The van der Waals surface area contributed by atoms with Gasteiger partial charge in [0, 0.05) is 11.1 Å². The number of amides is 2. The van der Waals surface area contributed by atoms with Crippen LogP contribution in [0.1, 0.15) is 23.2 Å². The van der Waals surface area contributed by atoms with Gasteiger partial charge < -0.3 is 15.7 Å². The molecule has 0 aliphatic heterocycles. The monoisotopic (exact) mass is 295 g/mol. The molecule has 0 aromatic carbocycles. The smallest absolute Gasteiger partial charge is 0.315 e. The van der Waals surface area contributed by atoms with Gasteiger partial charge in [-0.1, -0.05) is 19.1 Å². The van der Waals surface area contributed by atoms with E-state index < -0.39 is 11.9 Å². The molecule has 0 saturated carbocycles. The highest BCUT2D eigenvalue weighted by Crippen LogP contribution is 2.18.